The first-order valence-electron chi connectivity index (χ1n) is 5.93. The zero-order chi connectivity index (χ0) is 11.4. The molecule has 3 nitrogen and oxygen atoms in total. The molecular formula is C13H19NO2. The molecule has 0 amide bonds. The number of nitrogens with zero attached hydrogens (tertiary/aromatic N) is 1. The monoisotopic (exact) mass is 221 g/mol. The maximum Gasteiger partial charge on any atom is 0.0645 e. The standard InChI is InChI=1S/C13H19NO2/c1-10-4-5-12(14-8-10)7-13(15)11-3-2-6-16-9-11/h4-5,8,11,13,15H,2-3,6-7,9H2,1H3. The van der Waals surface area contributed by atoms with Crippen molar-refractivity contribution in [1.29, 1.82) is 0 Å². The van der Waals surface area contributed by atoms with E-state index in [9.17, 15) is 5.11 Å². The van der Waals surface area contributed by atoms with Gasteiger partial charge < -0.3 is 9.84 Å². The molecule has 1 aliphatic rings. The van der Waals surface area contributed by atoms with Crippen molar-refractivity contribution in [3.63, 3.8) is 0 Å². The van der Waals surface area contributed by atoms with Crippen LogP contribution >= 0.6 is 0 Å². The maximum atomic E-state index is 10.1. The Kier molecular flexibility index (Phi) is 3.91. The lowest BCUT2D eigenvalue weighted by Crippen LogP contribution is -2.30. The van der Waals surface area contributed by atoms with Crippen molar-refractivity contribution in [3.8, 4) is 0 Å². The van der Waals surface area contributed by atoms with Crippen LogP contribution < -0.4 is 0 Å². The third-order valence-electron chi connectivity index (χ3n) is 3.13. The number of pyridine rings is 1. The van der Waals surface area contributed by atoms with Crippen molar-refractivity contribution >= 4 is 0 Å². The van der Waals surface area contributed by atoms with Gasteiger partial charge in [0.15, 0.2) is 0 Å². The van der Waals surface area contributed by atoms with Crippen molar-refractivity contribution in [2.45, 2.75) is 32.3 Å². The Labute approximate surface area is 96.5 Å². The minimum absolute atomic E-state index is 0.275. The number of ether oxygens (including phenoxy) is 1. The Balaban J connectivity index is 1.90. The van der Waals surface area contributed by atoms with E-state index in [1.807, 2.05) is 25.3 Å². The smallest absolute Gasteiger partial charge is 0.0645 e. The Bertz CT molecular complexity index is 317. The Morgan fingerprint density at radius 3 is 3.06 bits per heavy atom. The van der Waals surface area contributed by atoms with Crippen LogP contribution in [0.15, 0.2) is 18.3 Å². The summed E-state index contributed by atoms with van der Waals surface area (Å²) in [7, 11) is 0. The minimum atomic E-state index is -0.324. The fraction of sp³-hybridized carbons (Fsp3) is 0.615. The average Bonchev–Trinajstić information content (AvgIpc) is 2.33. The molecule has 1 aliphatic heterocycles. The SMILES string of the molecule is Cc1ccc(CC(O)C2CCCOC2)nc1. The molecule has 3 heteroatoms. The number of hydrogen-bond donors (Lipinski definition) is 1. The van der Waals surface area contributed by atoms with Crippen molar-refractivity contribution in [2.75, 3.05) is 13.2 Å². The van der Waals surface area contributed by atoms with Crippen LogP contribution in [0.2, 0.25) is 0 Å². The normalized spacial score (nSPS) is 23.0. The average molecular weight is 221 g/mol. The van der Waals surface area contributed by atoms with Crippen molar-refractivity contribution in [1.82, 2.24) is 4.98 Å². The highest BCUT2D eigenvalue weighted by Gasteiger charge is 2.22. The third-order valence-corrected chi connectivity index (χ3v) is 3.13. The van der Waals surface area contributed by atoms with E-state index >= 15 is 0 Å². The Hall–Kier alpha value is -0.930. The van der Waals surface area contributed by atoms with E-state index in [2.05, 4.69) is 4.98 Å². The predicted octanol–water partition coefficient (Wildman–Crippen LogP) is 1.72. The zero-order valence-corrected chi connectivity index (χ0v) is 9.72. The van der Waals surface area contributed by atoms with Crippen LogP contribution in [0.3, 0.4) is 0 Å². The first-order valence-corrected chi connectivity index (χ1v) is 5.93. The van der Waals surface area contributed by atoms with E-state index in [0.29, 0.717) is 13.0 Å². The zero-order valence-electron chi connectivity index (χ0n) is 9.72. The van der Waals surface area contributed by atoms with Gasteiger partial charge in [-0.05, 0) is 31.4 Å². The highest BCUT2D eigenvalue weighted by Crippen LogP contribution is 2.19. The predicted molar refractivity (Wildman–Crippen MR) is 62.2 cm³/mol. The van der Waals surface area contributed by atoms with Gasteiger partial charge in [0.1, 0.15) is 0 Å². The van der Waals surface area contributed by atoms with Gasteiger partial charge in [-0.2, -0.15) is 0 Å². The second-order valence-corrected chi connectivity index (χ2v) is 4.58. The van der Waals surface area contributed by atoms with Gasteiger partial charge in [-0.25, -0.2) is 0 Å². The van der Waals surface area contributed by atoms with E-state index in [1.54, 1.807) is 0 Å². The lowest BCUT2D eigenvalue weighted by Gasteiger charge is -2.26. The van der Waals surface area contributed by atoms with Crippen molar-refractivity contribution in [2.24, 2.45) is 5.92 Å². The molecule has 1 saturated heterocycles. The number of hydrogen-bond acceptors (Lipinski definition) is 3. The van der Waals surface area contributed by atoms with Gasteiger partial charge >= 0.3 is 0 Å². The molecular weight excluding hydrogens is 202 g/mol. The number of rotatable bonds is 3. The Morgan fingerprint density at radius 1 is 1.56 bits per heavy atom. The second kappa shape index (κ2) is 5.41. The molecule has 0 aromatic carbocycles. The van der Waals surface area contributed by atoms with Crippen molar-refractivity contribution in [3.05, 3.63) is 29.6 Å². The van der Waals surface area contributed by atoms with Crippen LogP contribution in [0.4, 0.5) is 0 Å². The third kappa shape index (κ3) is 3.03. The van der Waals surface area contributed by atoms with E-state index in [0.717, 1.165) is 30.7 Å². The molecule has 0 spiro atoms. The summed E-state index contributed by atoms with van der Waals surface area (Å²) in [6.45, 7) is 3.54. The van der Waals surface area contributed by atoms with E-state index in [4.69, 9.17) is 4.74 Å². The highest BCUT2D eigenvalue weighted by molar-refractivity contribution is 5.12. The number of aromatic nitrogens is 1. The molecule has 1 N–H and O–H groups in total. The fourth-order valence-electron chi connectivity index (χ4n) is 2.07. The van der Waals surface area contributed by atoms with Crippen molar-refractivity contribution < 1.29 is 9.84 Å². The minimum Gasteiger partial charge on any atom is -0.392 e. The molecule has 0 bridgehead atoms. The molecule has 0 saturated carbocycles. The molecule has 0 aliphatic carbocycles. The van der Waals surface area contributed by atoms with Crippen LogP contribution in [-0.2, 0) is 11.2 Å². The molecule has 1 aromatic rings. The highest BCUT2D eigenvalue weighted by atomic mass is 16.5. The molecule has 2 heterocycles. The molecule has 2 unspecified atom stereocenters. The van der Waals surface area contributed by atoms with Gasteiger partial charge in [0.2, 0.25) is 0 Å². The van der Waals surface area contributed by atoms with Crippen LogP contribution in [0.5, 0.6) is 0 Å². The van der Waals surface area contributed by atoms with Crippen LogP contribution in [0.25, 0.3) is 0 Å². The Morgan fingerprint density at radius 2 is 2.44 bits per heavy atom. The first kappa shape index (κ1) is 11.6. The maximum absolute atomic E-state index is 10.1. The van der Waals surface area contributed by atoms with Gasteiger partial charge in [-0.15, -0.1) is 0 Å². The van der Waals surface area contributed by atoms with Gasteiger partial charge in [-0.1, -0.05) is 6.07 Å². The summed E-state index contributed by atoms with van der Waals surface area (Å²) in [6, 6.07) is 4.02. The van der Waals surface area contributed by atoms with Crippen LogP contribution in [-0.4, -0.2) is 29.4 Å². The van der Waals surface area contributed by atoms with Crippen LogP contribution in [0.1, 0.15) is 24.1 Å². The summed E-state index contributed by atoms with van der Waals surface area (Å²) in [5.74, 6) is 0.275. The number of aryl methyl sites for hydroxylation is 1. The van der Waals surface area contributed by atoms with E-state index < -0.39 is 0 Å². The quantitative estimate of drug-likeness (QED) is 0.845. The van der Waals surface area contributed by atoms with Crippen LogP contribution in [0, 0.1) is 12.8 Å². The van der Waals surface area contributed by atoms with E-state index in [-0.39, 0.29) is 12.0 Å². The summed E-state index contributed by atoms with van der Waals surface area (Å²) < 4.78 is 5.38. The summed E-state index contributed by atoms with van der Waals surface area (Å²) >= 11 is 0. The summed E-state index contributed by atoms with van der Waals surface area (Å²) in [5.41, 5.74) is 2.11. The molecule has 88 valence electrons. The number of aliphatic hydroxyl groups is 1. The fourth-order valence-corrected chi connectivity index (χ4v) is 2.07. The lowest BCUT2D eigenvalue weighted by atomic mass is 9.93. The first-order chi connectivity index (χ1) is 7.75. The topological polar surface area (TPSA) is 42.4 Å². The summed E-state index contributed by atoms with van der Waals surface area (Å²) in [5, 5.41) is 10.1. The molecule has 1 fully saturated rings. The molecule has 16 heavy (non-hydrogen) atoms. The number of aliphatic hydroxyl groups excluding tert-OH is 1. The van der Waals surface area contributed by atoms with Gasteiger partial charge in [0.05, 0.1) is 12.7 Å². The summed E-state index contributed by atoms with van der Waals surface area (Å²) in [6.07, 6.45) is 4.28. The molecule has 2 rings (SSSR count). The van der Waals surface area contributed by atoms with Gasteiger partial charge in [0.25, 0.3) is 0 Å². The van der Waals surface area contributed by atoms with Gasteiger partial charge in [0, 0.05) is 30.8 Å². The largest absolute Gasteiger partial charge is 0.392 e. The second-order valence-electron chi connectivity index (χ2n) is 4.58. The van der Waals surface area contributed by atoms with E-state index in [1.165, 1.54) is 0 Å². The molecule has 0 radical (unpaired) electrons. The summed E-state index contributed by atoms with van der Waals surface area (Å²) in [4.78, 5) is 4.31. The molecule has 2 atom stereocenters. The lowest BCUT2D eigenvalue weighted by molar-refractivity contribution is -0.00878. The van der Waals surface area contributed by atoms with Gasteiger partial charge in [-0.3, -0.25) is 4.98 Å². The molecule has 1 aromatic heterocycles.